The molecule has 0 aliphatic carbocycles. The molecule has 1 aromatic rings. The van der Waals surface area contributed by atoms with Crippen molar-refractivity contribution >= 4 is 5.97 Å². The van der Waals surface area contributed by atoms with E-state index in [2.05, 4.69) is 42.9 Å². The molecule has 1 rings (SSSR count). The fraction of sp³-hybridized carbons (Fsp3) is 0.706. The molecule has 0 saturated carbocycles. The molecule has 2 N–H and O–H groups in total. The van der Waals surface area contributed by atoms with E-state index in [9.17, 15) is 4.79 Å². The quantitative estimate of drug-likeness (QED) is 0.725. The van der Waals surface area contributed by atoms with Gasteiger partial charge in [0.2, 0.25) is 0 Å². The third-order valence-electron chi connectivity index (χ3n) is 3.72. The summed E-state index contributed by atoms with van der Waals surface area (Å²) in [7, 11) is 0. The number of esters is 1. The minimum Gasteiger partial charge on any atom is -0.462 e. The van der Waals surface area contributed by atoms with Crippen LogP contribution in [0.1, 0.15) is 61.9 Å². The summed E-state index contributed by atoms with van der Waals surface area (Å²) < 4.78 is 7.39. The van der Waals surface area contributed by atoms with Gasteiger partial charge in [0.1, 0.15) is 0 Å². The highest BCUT2D eigenvalue weighted by Gasteiger charge is 2.23. The lowest BCUT2D eigenvalue weighted by atomic mass is 10.1. The first-order valence-corrected chi connectivity index (χ1v) is 8.11. The lowest BCUT2D eigenvalue weighted by molar-refractivity contribution is 0.0524. The molecule has 22 heavy (non-hydrogen) atoms. The second-order valence-electron chi connectivity index (χ2n) is 6.23. The lowest BCUT2D eigenvalue weighted by Crippen LogP contribution is -2.29. The number of hydrogen-bond donors (Lipinski definition) is 2. The molecule has 5 heteroatoms. The number of carbonyl (C=O) groups is 1. The third-order valence-corrected chi connectivity index (χ3v) is 3.72. The summed E-state index contributed by atoms with van der Waals surface area (Å²) in [6, 6.07) is 0.784. The standard InChI is InChI=1S/C17H31N3O2/c1-8-22-17(21)16-13(6)15(9-18-11(2)3)20(14(16)7)10-19-12(4)5/h11-12,18-19H,8-10H2,1-7H3. The molecular weight excluding hydrogens is 278 g/mol. The number of rotatable bonds is 8. The van der Waals surface area contributed by atoms with Crippen LogP contribution >= 0.6 is 0 Å². The fourth-order valence-corrected chi connectivity index (χ4v) is 2.48. The summed E-state index contributed by atoms with van der Waals surface area (Å²) in [5.74, 6) is -0.230. The summed E-state index contributed by atoms with van der Waals surface area (Å²) in [6.07, 6.45) is 0. The second kappa shape index (κ2) is 8.34. The van der Waals surface area contributed by atoms with E-state index >= 15 is 0 Å². The van der Waals surface area contributed by atoms with Gasteiger partial charge in [0.15, 0.2) is 0 Å². The number of nitrogens with one attached hydrogen (secondary N) is 2. The summed E-state index contributed by atoms with van der Waals surface area (Å²) in [6.45, 7) is 16.1. The van der Waals surface area contributed by atoms with Gasteiger partial charge >= 0.3 is 5.97 Å². The number of carbonyl (C=O) groups excluding carboxylic acids is 1. The van der Waals surface area contributed by atoms with Crippen molar-refractivity contribution in [2.75, 3.05) is 6.61 Å². The van der Waals surface area contributed by atoms with Crippen molar-refractivity contribution in [3.63, 3.8) is 0 Å². The Morgan fingerprint density at radius 1 is 1.14 bits per heavy atom. The number of hydrogen-bond acceptors (Lipinski definition) is 4. The van der Waals surface area contributed by atoms with Crippen LogP contribution in [0.4, 0.5) is 0 Å². The molecule has 1 heterocycles. The Morgan fingerprint density at radius 3 is 2.23 bits per heavy atom. The van der Waals surface area contributed by atoms with E-state index in [1.165, 1.54) is 0 Å². The Balaban J connectivity index is 3.19. The van der Waals surface area contributed by atoms with Gasteiger partial charge in [-0.05, 0) is 40.2 Å². The first kappa shape index (κ1) is 18.7. The maximum Gasteiger partial charge on any atom is 0.340 e. The van der Waals surface area contributed by atoms with E-state index in [-0.39, 0.29) is 5.97 Å². The van der Waals surface area contributed by atoms with Crippen LogP contribution in [-0.4, -0.2) is 29.2 Å². The summed E-state index contributed by atoms with van der Waals surface area (Å²) in [4.78, 5) is 12.3. The van der Waals surface area contributed by atoms with Gasteiger partial charge < -0.3 is 14.6 Å². The van der Waals surface area contributed by atoms with Gasteiger partial charge in [0, 0.05) is 30.0 Å². The zero-order chi connectivity index (χ0) is 16.9. The van der Waals surface area contributed by atoms with Crippen LogP contribution in [0, 0.1) is 13.8 Å². The molecule has 0 atom stereocenters. The Kier molecular flexibility index (Phi) is 7.10. The molecule has 0 fully saturated rings. The average molecular weight is 309 g/mol. The van der Waals surface area contributed by atoms with Crippen molar-refractivity contribution in [2.45, 2.75) is 73.8 Å². The highest BCUT2D eigenvalue weighted by Crippen LogP contribution is 2.23. The van der Waals surface area contributed by atoms with Gasteiger partial charge in [-0.2, -0.15) is 0 Å². The average Bonchev–Trinajstić information content (AvgIpc) is 2.65. The van der Waals surface area contributed by atoms with Crippen LogP contribution in [-0.2, 0) is 18.0 Å². The molecule has 0 aromatic carbocycles. The van der Waals surface area contributed by atoms with Crippen LogP contribution in [0.3, 0.4) is 0 Å². The van der Waals surface area contributed by atoms with Crippen LogP contribution in [0.25, 0.3) is 0 Å². The number of ether oxygens (including phenoxy) is 1. The van der Waals surface area contributed by atoms with Crippen molar-refractivity contribution in [1.82, 2.24) is 15.2 Å². The molecule has 1 aromatic heterocycles. The molecule has 0 unspecified atom stereocenters. The van der Waals surface area contributed by atoms with E-state index in [0.29, 0.717) is 30.9 Å². The molecule has 0 bridgehead atoms. The largest absolute Gasteiger partial charge is 0.462 e. The molecule has 0 radical (unpaired) electrons. The second-order valence-corrected chi connectivity index (χ2v) is 6.23. The number of nitrogens with zero attached hydrogens (tertiary/aromatic N) is 1. The van der Waals surface area contributed by atoms with E-state index in [0.717, 1.165) is 23.5 Å². The first-order chi connectivity index (χ1) is 10.3. The predicted molar refractivity (Wildman–Crippen MR) is 90.1 cm³/mol. The Morgan fingerprint density at radius 2 is 1.73 bits per heavy atom. The van der Waals surface area contributed by atoms with Crippen molar-refractivity contribution in [3.8, 4) is 0 Å². The van der Waals surface area contributed by atoms with Crippen molar-refractivity contribution in [1.29, 1.82) is 0 Å². The third kappa shape index (κ3) is 4.58. The lowest BCUT2D eigenvalue weighted by Gasteiger charge is -2.17. The normalized spacial score (nSPS) is 11.5. The van der Waals surface area contributed by atoms with E-state index in [4.69, 9.17) is 4.74 Å². The van der Waals surface area contributed by atoms with Crippen LogP contribution in [0.2, 0.25) is 0 Å². The molecular formula is C17H31N3O2. The Labute approximate surface area is 134 Å². The minimum atomic E-state index is -0.230. The van der Waals surface area contributed by atoms with Gasteiger partial charge in [0.25, 0.3) is 0 Å². The maximum absolute atomic E-state index is 12.3. The Bertz CT molecular complexity index is 469. The van der Waals surface area contributed by atoms with Gasteiger partial charge in [-0.1, -0.05) is 13.8 Å². The number of aromatic nitrogens is 1. The highest BCUT2D eigenvalue weighted by atomic mass is 16.5. The van der Waals surface area contributed by atoms with Crippen LogP contribution < -0.4 is 10.6 Å². The molecule has 0 saturated heterocycles. The van der Waals surface area contributed by atoms with Crippen molar-refractivity contribution in [3.05, 3.63) is 22.5 Å². The topological polar surface area (TPSA) is 55.3 Å². The zero-order valence-electron chi connectivity index (χ0n) is 15.0. The molecule has 0 aliphatic heterocycles. The zero-order valence-corrected chi connectivity index (χ0v) is 15.0. The van der Waals surface area contributed by atoms with Gasteiger partial charge in [-0.3, -0.25) is 5.32 Å². The van der Waals surface area contributed by atoms with E-state index in [1.807, 2.05) is 20.8 Å². The van der Waals surface area contributed by atoms with E-state index < -0.39 is 0 Å². The molecule has 0 aliphatic rings. The van der Waals surface area contributed by atoms with Gasteiger partial charge in [-0.15, -0.1) is 0 Å². The summed E-state index contributed by atoms with van der Waals surface area (Å²) in [5, 5.41) is 6.87. The molecule has 0 amide bonds. The predicted octanol–water partition coefficient (Wildman–Crippen LogP) is 2.74. The smallest absolute Gasteiger partial charge is 0.340 e. The highest BCUT2D eigenvalue weighted by molar-refractivity contribution is 5.93. The summed E-state index contributed by atoms with van der Waals surface area (Å²) in [5.41, 5.74) is 3.81. The van der Waals surface area contributed by atoms with Crippen LogP contribution in [0.15, 0.2) is 0 Å². The van der Waals surface area contributed by atoms with Gasteiger partial charge in [0.05, 0.1) is 18.8 Å². The molecule has 126 valence electrons. The SMILES string of the molecule is CCOC(=O)c1c(C)c(CNC(C)C)n(CNC(C)C)c1C. The first-order valence-electron chi connectivity index (χ1n) is 8.11. The van der Waals surface area contributed by atoms with Gasteiger partial charge in [-0.25, -0.2) is 4.79 Å². The van der Waals surface area contributed by atoms with Crippen molar-refractivity contribution in [2.24, 2.45) is 0 Å². The Hall–Kier alpha value is -1.33. The maximum atomic E-state index is 12.3. The van der Waals surface area contributed by atoms with Crippen LogP contribution in [0.5, 0.6) is 0 Å². The van der Waals surface area contributed by atoms with Crippen molar-refractivity contribution < 1.29 is 9.53 Å². The van der Waals surface area contributed by atoms with E-state index in [1.54, 1.807) is 0 Å². The summed E-state index contributed by atoms with van der Waals surface area (Å²) >= 11 is 0. The molecule has 5 nitrogen and oxygen atoms in total. The minimum absolute atomic E-state index is 0.230. The molecule has 0 spiro atoms. The fourth-order valence-electron chi connectivity index (χ4n) is 2.48. The monoisotopic (exact) mass is 309 g/mol.